The Kier molecular flexibility index (Phi) is 4.09. The maximum atomic E-state index is 2.40. The van der Waals surface area contributed by atoms with Gasteiger partial charge in [0.15, 0.2) is 6.21 Å². The third kappa shape index (κ3) is 2.72. The van der Waals surface area contributed by atoms with Gasteiger partial charge in [-0.1, -0.05) is 42.5 Å². The molecule has 1 heterocycles. The number of nitrogens with zero attached hydrogens (tertiary/aromatic N) is 2. The lowest BCUT2D eigenvalue weighted by molar-refractivity contribution is -0.434. The highest BCUT2D eigenvalue weighted by Crippen LogP contribution is 2.38. The summed E-state index contributed by atoms with van der Waals surface area (Å²) in [6, 6.07) is 27.7. The Morgan fingerprint density at radius 1 is 0.833 bits per heavy atom. The fraction of sp³-hybridized carbons (Fsp3) is 0.0952. The smallest absolute Gasteiger partial charge is 0.228 e. The van der Waals surface area contributed by atoms with Crippen molar-refractivity contribution in [1.82, 2.24) is 0 Å². The van der Waals surface area contributed by atoms with Crippen LogP contribution in [0.25, 0.3) is 0 Å². The predicted octanol–water partition coefficient (Wildman–Crippen LogP) is 5.28. The Morgan fingerprint density at radius 2 is 1.54 bits per heavy atom. The first-order chi connectivity index (χ1) is 11.9. The molecule has 0 bridgehead atoms. The monoisotopic (exact) mass is 331 g/mol. The van der Waals surface area contributed by atoms with E-state index in [4.69, 9.17) is 0 Å². The van der Waals surface area contributed by atoms with Gasteiger partial charge in [0.05, 0.1) is 11.3 Å². The number of hydrogen-bond acceptors (Lipinski definition) is 2. The first-order valence-electron chi connectivity index (χ1n) is 8.03. The summed E-state index contributed by atoms with van der Waals surface area (Å²) in [7, 11) is 0. The van der Waals surface area contributed by atoms with Crippen molar-refractivity contribution >= 4 is 35.0 Å². The van der Waals surface area contributed by atoms with Crippen molar-refractivity contribution in [3.05, 3.63) is 84.4 Å². The van der Waals surface area contributed by atoms with E-state index in [1.54, 1.807) is 11.8 Å². The number of para-hydroxylation sites is 3. The van der Waals surface area contributed by atoms with Gasteiger partial charge in [0.2, 0.25) is 12.4 Å². The van der Waals surface area contributed by atoms with Gasteiger partial charge in [0, 0.05) is 22.7 Å². The molecule has 0 saturated carbocycles. The largest absolute Gasteiger partial charge is 0.284 e. The molecule has 3 heteroatoms. The average Bonchev–Trinajstić information content (AvgIpc) is 2.68. The normalized spacial score (nSPS) is 13.4. The average molecular weight is 331 g/mol. The lowest BCUT2D eigenvalue weighted by Crippen LogP contribution is -2.32. The van der Waals surface area contributed by atoms with Crippen LogP contribution in [0.3, 0.4) is 0 Å². The molecule has 0 N–H and O–H groups in total. The van der Waals surface area contributed by atoms with E-state index >= 15 is 0 Å². The van der Waals surface area contributed by atoms with Crippen LogP contribution < -0.4 is 4.90 Å². The molecule has 0 unspecified atom stereocenters. The minimum absolute atomic E-state index is 0.804. The molecule has 0 spiro atoms. The van der Waals surface area contributed by atoms with Gasteiger partial charge in [-0.2, -0.15) is 4.58 Å². The van der Waals surface area contributed by atoms with Gasteiger partial charge >= 0.3 is 0 Å². The van der Waals surface area contributed by atoms with Gasteiger partial charge in [-0.25, -0.2) is 0 Å². The minimum atomic E-state index is 0.804. The molecule has 3 aromatic carbocycles. The Hall–Kier alpha value is -2.52. The molecule has 0 amide bonds. The first-order valence-corrected chi connectivity index (χ1v) is 9.25. The molecule has 3 aromatic rings. The molecule has 0 atom stereocenters. The van der Waals surface area contributed by atoms with E-state index in [0.29, 0.717) is 0 Å². The van der Waals surface area contributed by atoms with Crippen LogP contribution >= 0.6 is 11.8 Å². The third-order valence-corrected chi connectivity index (χ3v) is 5.03. The number of thioether (sulfide) groups is 1. The molecule has 0 saturated heterocycles. The van der Waals surface area contributed by atoms with Crippen molar-refractivity contribution in [2.24, 2.45) is 0 Å². The summed E-state index contributed by atoms with van der Waals surface area (Å²) in [6.07, 6.45) is 4.40. The van der Waals surface area contributed by atoms with E-state index in [0.717, 1.165) is 6.67 Å². The van der Waals surface area contributed by atoms with Crippen LogP contribution in [-0.4, -0.2) is 23.7 Å². The van der Waals surface area contributed by atoms with Crippen molar-refractivity contribution in [3.8, 4) is 0 Å². The zero-order valence-corrected chi connectivity index (χ0v) is 14.4. The second-order valence-electron chi connectivity index (χ2n) is 5.74. The quantitative estimate of drug-likeness (QED) is 0.476. The molecule has 118 valence electrons. The predicted molar refractivity (Wildman–Crippen MR) is 103 cm³/mol. The van der Waals surface area contributed by atoms with Crippen molar-refractivity contribution in [2.45, 2.75) is 4.90 Å². The van der Waals surface area contributed by atoms with Crippen LogP contribution in [0, 0.1) is 0 Å². The first kappa shape index (κ1) is 15.0. The highest BCUT2D eigenvalue weighted by molar-refractivity contribution is 7.98. The van der Waals surface area contributed by atoms with Crippen molar-refractivity contribution in [3.63, 3.8) is 0 Å². The zero-order chi connectivity index (χ0) is 16.4. The molecule has 24 heavy (non-hydrogen) atoms. The van der Waals surface area contributed by atoms with Gasteiger partial charge in [0.25, 0.3) is 0 Å². The Morgan fingerprint density at radius 3 is 2.25 bits per heavy atom. The van der Waals surface area contributed by atoms with Crippen LogP contribution in [0.4, 0.5) is 17.1 Å². The van der Waals surface area contributed by atoms with Gasteiger partial charge in [0.1, 0.15) is 0 Å². The summed E-state index contributed by atoms with van der Waals surface area (Å²) in [5, 5.41) is 0. The molecular weight excluding hydrogens is 312 g/mol. The van der Waals surface area contributed by atoms with Crippen LogP contribution in [0.15, 0.2) is 83.8 Å². The molecule has 2 nitrogen and oxygen atoms in total. The lowest BCUT2D eigenvalue weighted by Gasteiger charge is -2.29. The number of rotatable bonds is 3. The summed E-state index contributed by atoms with van der Waals surface area (Å²) in [4.78, 5) is 3.70. The Balaban J connectivity index is 1.89. The van der Waals surface area contributed by atoms with Gasteiger partial charge in [-0.15, -0.1) is 11.8 Å². The van der Waals surface area contributed by atoms with Crippen molar-refractivity contribution < 1.29 is 4.58 Å². The molecule has 0 aliphatic carbocycles. The number of hydrogen-bond donors (Lipinski definition) is 0. The lowest BCUT2D eigenvalue weighted by atomic mass is 10.1. The Labute approximate surface area is 147 Å². The molecule has 0 radical (unpaired) electrons. The van der Waals surface area contributed by atoms with E-state index in [-0.39, 0.29) is 0 Å². The number of benzene rings is 3. The Bertz CT molecular complexity index is 873. The van der Waals surface area contributed by atoms with Crippen LogP contribution in [-0.2, 0) is 0 Å². The van der Waals surface area contributed by atoms with Gasteiger partial charge in [-0.3, -0.25) is 4.90 Å². The molecular formula is C21H19N2S+. The fourth-order valence-corrected chi connectivity index (χ4v) is 3.76. The van der Waals surface area contributed by atoms with Crippen LogP contribution in [0.2, 0.25) is 0 Å². The SMILES string of the molecule is CSc1cccc2c1N(c1ccccc1)C[N+](c1ccccc1)=C2. The highest BCUT2D eigenvalue weighted by atomic mass is 32.2. The highest BCUT2D eigenvalue weighted by Gasteiger charge is 2.27. The van der Waals surface area contributed by atoms with Crippen LogP contribution in [0.5, 0.6) is 0 Å². The topological polar surface area (TPSA) is 6.25 Å². The van der Waals surface area contributed by atoms with E-state index in [1.165, 1.54) is 27.5 Å². The fourth-order valence-electron chi connectivity index (χ4n) is 3.12. The molecule has 4 rings (SSSR count). The molecule has 0 fully saturated rings. The second kappa shape index (κ2) is 6.54. The minimum Gasteiger partial charge on any atom is -0.284 e. The summed E-state index contributed by atoms with van der Waals surface area (Å²) in [6.45, 7) is 0.804. The summed E-state index contributed by atoms with van der Waals surface area (Å²) in [5.41, 5.74) is 4.97. The van der Waals surface area contributed by atoms with Gasteiger partial charge in [-0.05, 0) is 30.5 Å². The number of fused-ring (bicyclic) bond motifs is 1. The molecule has 0 aromatic heterocycles. The summed E-state index contributed by atoms with van der Waals surface area (Å²) in [5.74, 6) is 0. The van der Waals surface area contributed by atoms with E-state index in [2.05, 4.69) is 101 Å². The molecule has 1 aliphatic heterocycles. The van der Waals surface area contributed by atoms with E-state index in [1.807, 2.05) is 0 Å². The number of anilines is 2. The maximum Gasteiger partial charge on any atom is 0.228 e. The standard InChI is InChI=1S/C21H19N2S/c1-24-20-14-8-9-17-15-22(18-10-4-2-5-11-18)16-23(21(17)20)19-12-6-3-7-13-19/h2-15H,16H2,1H3/q+1. The van der Waals surface area contributed by atoms with Crippen molar-refractivity contribution in [2.75, 3.05) is 17.8 Å². The van der Waals surface area contributed by atoms with E-state index in [9.17, 15) is 0 Å². The molecule has 1 aliphatic rings. The summed E-state index contributed by atoms with van der Waals surface area (Å²) >= 11 is 1.80. The maximum absolute atomic E-state index is 2.40. The third-order valence-electron chi connectivity index (χ3n) is 4.26. The summed E-state index contributed by atoms with van der Waals surface area (Å²) < 4.78 is 2.30. The van der Waals surface area contributed by atoms with Crippen LogP contribution in [0.1, 0.15) is 5.56 Å². The van der Waals surface area contributed by atoms with Crippen molar-refractivity contribution in [1.29, 1.82) is 0 Å². The second-order valence-corrected chi connectivity index (χ2v) is 6.59. The van der Waals surface area contributed by atoms with E-state index < -0.39 is 0 Å². The van der Waals surface area contributed by atoms with Gasteiger partial charge < -0.3 is 0 Å². The zero-order valence-electron chi connectivity index (χ0n) is 13.6.